The zero-order chi connectivity index (χ0) is 22.1. The summed E-state index contributed by atoms with van der Waals surface area (Å²) < 4.78 is 8.31. The summed E-state index contributed by atoms with van der Waals surface area (Å²) in [5.41, 5.74) is 2.37. The van der Waals surface area contributed by atoms with Gasteiger partial charge in [-0.2, -0.15) is 0 Å². The van der Waals surface area contributed by atoms with Gasteiger partial charge in [-0.05, 0) is 55.3 Å². The number of ether oxygens (including phenoxy) is 1. The van der Waals surface area contributed by atoms with E-state index in [1.807, 2.05) is 42.5 Å². The first-order valence-corrected chi connectivity index (χ1v) is 11.6. The molecule has 3 aromatic rings. The second kappa shape index (κ2) is 8.94. The van der Waals surface area contributed by atoms with Crippen molar-refractivity contribution in [3.05, 3.63) is 100 Å². The van der Waals surface area contributed by atoms with Crippen LogP contribution in [-0.2, 0) is 9.53 Å². The Bertz CT molecular complexity index is 1360. The van der Waals surface area contributed by atoms with Gasteiger partial charge < -0.3 is 4.74 Å². The molecule has 0 unspecified atom stereocenters. The van der Waals surface area contributed by atoms with Crippen molar-refractivity contribution in [2.45, 2.75) is 19.9 Å². The number of thiazole rings is 1. The smallest absolute Gasteiger partial charge is 0.338 e. The fourth-order valence-electron chi connectivity index (χ4n) is 3.46. The molecule has 31 heavy (non-hydrogen) atoms. The summed E-state index contributed by atoms with van der Waals surface area (Å²) in [7, 11) is 0. The van der Waals surface area contributed by atoms with Gasteiger partial charge in [-0.15, -0.1) is 0 Å². The summed E-state index contributed by atoms with van der Waals surface area (Å²) in [6.45, 7) is 3.77. The summed E-state index contributed by atoms with van der Waals surface area (Å²) in [6, 6.07) is 14.2. The first-order valence-electron chi connectivity index (χ1n) is 9.59. The average molecular weight is 518 g/mol. The van der Waals surface area contributed by atoms with E-state index in [4.69, 9.17) is 16.3 Å². The zero-order valence-corrected chi connectivity index (χ0v) is 19.9. The Hall–Kier alpha value is -2.48. The quantitative estimate of drug-likeness (QED) is 0.487. The molecule has 1 aromatic heterocycles. The highest BCUT2D eigenvalue weighted by molar-refractivity contribution is 9.10. The number of carbonyl (C=O) groups is 1. The fraction of sp³-hybridized carbons (Fsp3) is 0.174. The summed E-state index contributed by atoms with van der Waals surface area (Å²) in [6.07, 6.45) is 1.81. The Labute approximate surface area is 196 Å². The lowest BCUT2D eigenvalue weighted by Gasteiger charge is -2.24. The molecule has 0 spiro atoms. The Morgan fingerprint density at radius 3 is 2.55 bits per heavy atom. The van der Waals surface area contributed by atoms with Gasteiger partial charge in [0.15, 0.2) is 4.80 Å². The molecule has 0 bridgehead atoms. The number of hydrogen-bond acceptors (Lipinski definition) is 5. The van der Waals surface area contributed by atoms with Crippen LogP contribution in [0.1, 0.15) is 31.0 Å². The number of nitrogens with zero attached hydrogens (tertiary/aromatic N) is 2. The molecule has 4 rings (SSSR count). The van der Waals surface area contributed by atoms with E-state index in [0.29, 0.717) is 25.6 Å². The Morgan fingerprint density at radius 1 is 1.23 bits per heavy atom. The molecule has 0 N–H and O–H groups in total. The van der Waals surface area contributed by atoms with E-state index in [0.717, 1.165) is 15.6 Å². The van der Waals surface area contributed by atoms with Crippen molar-refractivity contribution in [1.82, 2.24) is 4.57 Å². The number of carbonyl (C=O) groups excluding carboxylic acids is 1. The molecule has 0 fully saturated rings. The molecule has 0 radical (unpaired) electrons. The van der Waals surface area contributed by atoms with E-state index in [-0.39, 0.29) is 12.2 Å². The second-order valence-electron chi connectivity index (χ2n) is 6.91. The predicted octanol–water partition coefficient (Wildman–Crippen LogP) is 4.21. The van der Waals surface area contributed by atoms with Crippen molar-refractivity contribution in [3.8, 4) is 0 Å². The minimum Gasteiger partial charge on any atom is -0.463 e. The molecule has 2 heterocycles. The van der Waals surface area contributed by atoms with Crippen molar-refractivity contribution < 1.29 is 9.53 Å². The highest BCUT2D eigenvalue weighted by atomic mass is 79.9. The maximum Gasteiger partial charge on any atom is 0.338 e. The third kappa shape index (κ3) is 4.31. The van der Waals surface area contributed by atoms with E-state index in [2.05, 4.69) is 20.9 Å². The van der Waals surface area contributed by atoms with Crippen LogP contribution < -0.4 is 14.9 Å². The standard InChI is InChI=1S/C23H18BrClN2O3S/c1-3-30-22(29)19-13(2)26-23-27(20(19)15-6-8-16(24)9-7-15)21(28)18(31-23)12-14-4-10-17(25)11-5-14/h4-12,20H,3H2,1-2H3/b18-12+/t20-/m0/s1. The van der Waals surface area contributed by atoms with Crippen LogP contribution in [0, 0.1) is 0 Å². The second-order valence-corrected chi connectivity index (χ2v) is 9.27. The Morgan fingerprint density at radius 2 is 1.90 bits per heavy atom. The lowest BCUT2D eigenvalue weighted by Crippen LogP contribution is -2.39. The molecule has 1 aliphatic heterocycles. The van der Waals surface area contributed by atoms with E-state index in [9.17, 15) is 9.59 Å². The summed E-state index contributed by atoms with van der Waals surface area (Å²) >= 11 is 10.7. The van der Waals surface area contributed by atoms with Crippen LogP contribution in [0.5, 0.6) is 0 Å². The molecule has 0 aliphatic carbocycles. The zero-order valence-electron chi connectivity index (χ0n) is 16.8. The van der Waals surface area contributed by atoms with Crippen molar-refractivity contribution in [2.75, 3.05) is 6.61 Å². The monoisotopic (exact) mass is 516 g/mol. The number of esters is 1. The SMILES string of the molecule is CCOC(=O)C1=C(C)N=c2s/c(=C/c3ccc(Cl)cc3)c(=O)n2[C@H]1c1ccc(Br)cc1. The Kier molecular flexibility index (Phi) is 6.27. The average Bonchev–Trinajstić information content (AvgIpc) is 3.04. The number of allylic oxidation sites excluding steroid dienone is 1. The third-order valence-corrected chi connectivity index (χ3v) is 6.63. The minimum atomic E-state index is -0.615. The summed E-state index contributed by atoms with van der Waals surface area (Å²) in [5.74, 6) is -0.469. The Balaban J connectivity index is 1.94. The van der Waals surface area contributed by atoms with E-state index < -0.39 is 12.0 Å². The van der Waals surface area contributed by atoms with Crippen molar-refractivity contribution >= 4 is 50.9 Å². The summed E-state index contributed by atoms with van der Waals surface area (Å²) in [4.78, 5) is 31.4. The van der Waals surface area contributed by atoms with Gasteiger partial charge in [0.05, 0.1) is 28.5 Å². The number of halogens is 2. The number of benzene rings is 2. The molecule has 0 amide bonds. The van der Waals surface area contributed by atoms with E-state index in [1.54, 1.807) is 30.5 Å². The normalized spacial score (nSPS) is 16.1. The number of fused-ring (bicyclic) bond motifs is 1. The maximum atomic E-state index is 13.4. The largest absolute Gasteiger partial charge is 0.463 e. The molecule has 1 aliphatic rings. The van der Waals surface area contributed by atoms with Gasteiger partial charge in [0.25, 0.3) is 5.56 Å². The van der Waals surface area contributed by atoms with Crippen LogP contribution in [0.15, 0.2) is 74.1 Å². The van der Waals surface area contributed by atoms with E-state index >= 15 is 0 Å². The van der Waals surface area contributed by atoms with Crippen LogP contribution >= 0.6 is 38.9 Å². The molecule has 2 aromatic carbocycles. The van der Waals surface area contributed by atoms with Gasteiger partial charge in [-0.25, -0.2) is 9.79 Å². The number of aromatic nitrogens is 1. The molecule has 158 valence electrons. The highest BCUT2D eigenvalue weighted by Gasteiger charge is 2.33. The topological polar surface area (TPSA) is 60.7 Å². The van der Waals surface area contributed by atoms with Crippen LogP contribution in [-0.4, -0.2) is 17.1 Å². The highest BCUT2D eigenvalue weighted by Crippen LogP contribution is 2.31. The molecule has 8 heteroatoms. The van der Waals surface area contributed by atoms with Crippen LogP contribution in [0.2, 0.25) is 5.02 Å². The molecule has 1 atom stereocenters. The van der Waals surface area contributed by atoms with Gasteiger partial charge >= 0.3 is 5.97 Å². The molecular formula is C23H18BrClN2O3S. The minimum absolute atomic E-state index is 0.207. The van der Waals surface area contributed by atoms with Crippen molar-refractivity contribution in [2.24, 2.45) is 4.99 Å². The van der Waals surface area contributed by atoms with Gasteiger partial charge in [0, 0.05) is 9.50 Å². The first-order chi connectivity index (χ1) is 14.9. The number of hydrogen-bond donors (Lipinski definition) is 0. The summed E-state index contributed by atoms with van der Waals surface area (Å²) in [5, 5.41) is 0.628. The van der Waals surface area contributed by atoms with Crippen LogP contribution in [0.4, 0.5) is 0 Å². The van der Waals surface area contributed by atoms with Crippen LogP contribution in [0.25, 0.3) is 6.08 Å². The maximum absolute atomic E-state index is 13.4. The molecule has 0 saturated carbocycles. The molecular weight excluding hydrogens is 500 g/mol. The van der Waals surface area contributed by atoms with Gasteiger partial charge in [0.1, 0.15) is 0 Å². The van der Waals surface area contributed by atoms with Gasteiger partial charge in [-0.1, -0.05) is 63.1 Å². The van der Waals surface area contributed by atoms with Crippen LogP contribution in [0.3, 0.4) is 0 Å². The molecule has 0 saturated heterocycles. The van der Waals surface area contributed by atoms with E-state index in [1.165, 1.54) is 11.3 Å². The lowest BCUT2D eigenvalue weighted by atomic mass is 9.96. The van der Waals surface area contributed by atoms with Crippen molar-refractivity contribution in [3.63, 3.8) is 0 Å². The van der Waals surface area contributed by atoms with Gasteiger partial charge in [0.2, 0.25) is 0 Å². The first kappa shape index (κ1) is 21.7. The van der Waals surface area contributed by atoms with Crippen molar-refractivity contribution in [1.29, 1.82) is 0 Å². The predicted molar refractivity (Wildman–Crippen MR) is 126 cm³/mol. The lowest BCUT2D eigenvalue weighted by molar-refractivity contribution is -0.139. The number of rotatable bonds is 4. The van der Waals surface area contributed by atoms with Gasteiger partial charge in [-0.3, -0.25) is 9.36 Å². The fourth-order valence-corrected chi connectivity index (χ4v) is 4.90. The third-order valence-electron chi connectivity index (χ3n) is 4.87. The molecule has 5 nitrogen and oxygen atoms in total.